The highest BCUT2D eigenvalue weighted by molar-refractivity contribution is 8.01. The van der Waals surface area contributed by atoms with Crippen LogP contribution in [0.15, 0.2) is 28.6 Å². The Morgan fingerprint density at radius 1 is 1.33 bits per heavy atom. The number of carbonyl (C=O) groups excluding carboxylic acids is 1. The Hall–Kier alpha value is -1.67. The maximum atomic E-state index is 13.6. The number of carbonyl (C=O) groups is 1. The smallest absolute Gasteiger partial charge is 0.233 e. The molecule has 1 heterocycles. The van der Waals surface area contributed by atoms with Crippen LogP contribution in [0.5, 0.6) is 0 Å². The lowest BCUT2D eigenvalue weighted by atomic mass is 10.1. The zero-order valence-electron chi connectivity index (χ0n) is 14.2. The van der Waals surface area contributed by atoms with Crippen molar-refractivity contribution in [2.45, 2.75) is 37.2 Å². The van der Waals surface area contributed by atoms with Crippen LogP contribution in [0, 0.1) is 5.82 Å². The molecule has 0 spiro atoms. The molecule has 0 unspecified atom stereocenters. The van der Waals surface area contributed by atoms with Crippen molar-refractivity contribution in [3.63, 3.8) is 0 Å². The minimum Gasteiger partial charge on any atom is -0.355 e. The lowest BCUT2D eigenvalue weighted by Crippen LogP contribution is -2.28. The van der Waals surface area contributed by atoms with Crippen LogP contribution in [0.2, 0.25) is 0 Å². The molecule has 8 heteroatoms. The van der Waals surface area contributed by atoms with Crippen LogP contribution < -0.4 is 5.32 Å². The van der Waals surface area contributed by atoms with Crippen molar-refractivity contribution < 1.29 is 9.18 Å². The van der Waals surface area contributed by atoms with E-state index in [1.807, 2.05) is 20.8 Å². The number of anilines is 1. The average molecular weight is 369 g/mol. The largest absolute Gasteiger partial charge is 0.355 e. The van der Waals surface area contributed by atoms with Crippen molar-refractivity contribution in [3.05, 3.63) is 35.6 Å². The van der Waals surface area contributed by atoms with Gasteiger partial charge in [0.2, 0.25) is 11.0 Å². The second-order valence-electron chi connectivity index (χ2n) is 6.38. The van der Waals surface area contributed by atoms with E-state index < -0.39 is 0 Å². The standard InChI is InChI=1S/C16H21FN4OS2/c1-16(2,3)18-14-19-20-15(24-14)23-10-13(22)21(4)9-11-7-5-6-8-12(11)17/h5-8H,9-10H2,1-4H3,(H,18,19). The third kappa shape index (κ3) is 5.76. The van der Waals surface area contributed by atoms with E-state index in [-0.39, 0.29) is 29.6 Å². The van der Waals surface area contributed by atoms with E-state index in [4.69, 9.17) is 0 Å². The molecule has 0 saturated heterocycles. The molecule has 2 rings (SSSR count). The van der Waals surface area contributed by atoms with Gasteiger partial charge in [-0.05, 0) is 26.8 Å². The number of amides is 1. The predicted octanol–water partition coefficient (Wildman–Crippen LogP) is 3.64. The Morgan fingerprint density at radius 3 is 2.71 bits per heavy atom. The molecule has 0 aliphatic carbocycles. The molecule has 2 aromatic rings. The minimum atomic E-state index is -0.299. The molecule has 0 atom stereocenters. The Bertz CT molecular complexity index is 699. The van der Waals surface area contributed by atoms with Crippen molar-refractivity contribution in [2.24, 2.45) is 0 Å². The summed E-state index contributed by atoms with van der Waals surface area (Å²) in [5.74, 6) is -0.134. The summed E-state index contributed by atoms with van der Waals surface area (Å²) in [4.78, 5) is 13.7. The second-order valence-corrected chi connectivity index (χ2v) is 8.58. The SMILES string of the molecule is CN(Cc1ccccc1F)C(=O)CSc1nnc(NC(C)(C)C)s1. The van der Waals surface area contributed by atoms with Crippen molar-refractivity contribution in [1.29, 1.82) is 0 Å². The Balaban J connectivity index is 1.85. The summed E-state index contributed by atoms with van der Waals surface area (Å²) in [7, 11) is 1.67. The molecule has 0 fully saturated rings. The van der Waals surface area contributed by atoms with Crippen LogP contribution in [-0.2, 0) is 11.3 Å². The van der Waals surface area contributed by atoms with E-state index in [9.17, 15) is 9.18 Å². The van der Waals surface area contributed by atoms with Crippen LogP contribution in [0.1, 0.15) is 26.3 Å². The summed E-state index contributed by atoms with van der Waals surface area (Å²) in [6.07, 6.45) is 0. The molecule has 1 amide bonds. The molecule has 1 N–H and O–H groups in total. The number of thioether (sulfide) groups is 1. The van der Waals surface area contributed by atoms with Gasteiger partial charge in [-0.2, -0.15) is 0 Å². The maximum Gasteiger partial charge on any atom is 0.233 e. The first-order valence-electron chi connectivity index (χ1n) is 7.46. The quantitative estimate of drug-likeness (QED) is 0.789. The third-order valence-electron chi connectivity index (χ3n) is 3.00. The van der Waals surface area contributed by atoms with E-state index in [2.05, 4.69) is 15.5 Å². The predicted molar refractivity (Wildman–Crippen MR) is 96.9 cm³/mol. The van der Waals surface area contributed by atoms with Crippen molar-refractivity contribution >= 4 is 34.1 Å². The molecule has 0 bridgehead atoms. The van der Waals surface area contributed by atoms with Gasteiger partial charge in [0.05, 0.1) is 5.75 Å². The summed E-state index contributed by atoms with van der Waals surface area (Å²) in [6.45, 7) is 6.38. The van der Waals surface area contributed by atoms with Gasteiger partial charge >= 0.3 is 0 Å². The molecular formula is C16H21FN4OS2. The third-order valence-corrected chi connectivity index (χ3v) is 4.96. The number of aromatic nitrogens is 2. The summed E-state index contributed by atoms with van der Waals surface area (Å²) in [5, 5.41) is 12.1. The monoisotopic (exact) mass is 368 g/mol. The van der Waals surface area contributed by atoms with Crippen LogP contribution in [0.3, 0.4) is 0 Å². The fraction of sp³-hybridized carbons (Fsp3) is 0.438. The van der Waals surface area contributed by atoms with Crippen molar-refractivity contribution in [3.8, 4) is 0 Å². The van der Waals surface area contributed by atoms with Gasteiger partial charge in [-0.15, -0.1) is 10.2 Å². The number of rotatable bonds is 6. The van der Waals surface area contributed by atoms with Crippen molar-refractivity contribution in [2.75, 3.05) is 18.1 Å². The molecule has 1 aromatic heterocycles. The van der Waals surface area contributed by atoms with Gasteiger partial charge in [-0.1, -0.05) is 41.3 Å². The highest BCUT2D eigenvalue weighted by atomic mass is 32.2. The van der Waals surface area contributed by atoms with Gasteiger partial charge in [0.1, 0.15) is 5.82 Å². The number of nitrogens with zero attached hydrogens (tertiary/aromatic N) is 3. The lowest BCUT2D eigenvalue weighted by Gasteiger charge is -2.18. The topological polar surface area (TPSA) is 58.1 Å². The molecule has 0 saturated carbocycles. The number of nitrogens with one attached hydrogen (secondary N) is 1. The molecule has 130 valence electrons. The highest BCUT2D eigenvalue weighted by Crippen LogP contribution is 2.27. The number of hydrogen-bond donors (Lipinski definition) is 1. The first-order chi connectivity index (χ1) is 11.2. The van der Waals surface area contributed by atoms with E-state index in [0.29, 0.717) is 5.56 Å². The highest BCUT2D eigenvalue weighted by Gasteiger charge is 2.16. The summed E-state index contributed by atoms with van der Waals surface area (Å²) in [6, 6.07) is 6.47. The molecule has 0 radical (unpaired) electrons. The number of halogens is 1. The Kier molecular flexibility index (Phi) is 6.17. The minimum absolute atomic E-state index is 0.0798. The Labute approximate surface area is 149 Å². The maximum absolute atomic E-state index is 13.6. The molecule has 24 heavy (non-hydrogen) atoms. The zero-order chi connectivity index (χ0) is 17.7. The summed E-state index contributed by atoms with van der Waals surface area (Å²) in [5.41, 5.74) is 0.419. The van der Waals surface area contributed by atoms with Gasteiger partial charge in [-0.25, -0.2) is 4.39 Å². The van der Waals surface area contributed by atoms with E-state index >= 15 is 0 Å². The van der Waals surface area contributed by atoms with Gasteiger partial charge < -0.3 is 10.2 Å². The molecule has 5 nitrogen and oxygen atoms in total. The second kappa shape index (κ2) is 7.94. The first-order valence-corrected chi connectivity index (χ1v) is 9.26. The van der Waals surface area contributed by atoms with Gasteiger partial charge in [0.25, 0.3) is 0 Å². The van der Waals surface area contributed by atoms with Crippen LogP contribution in [-0.4, -0.2) is 39.3 Å². The molecular weight excluding hydrogens is 347 g/mol. The summed E-state index contributed by atoms with van der Waals surface area (Å²) < 4.78 is 14.4. The van der Waals surface area contributed by atoms with Crippen LogP contribution in [0.25, 0.3) is 0 Å². The average Bonchev–Trinajstić information content (AvgIpc) is 2.92. The summed E-state index contributed by atoms with van der Waals surface area (Å²) >= 11 is 2.76. The molecule has 0 aliphatic heterocycles. The molecule has 1 aromatic carbocycles. The van der Waals surface area contributed by atoms with Gasteiger partial charge in [0.15, 0.2) is 4.34 Å². The zero-order valence-corrected chi connectivity index (χ0v) is 15.8. The van der Waals surface area contributed by atoms with Crippen LogP contribution in [0.4, 0.5) is 9.52 Å². The van der Waals surface area contributed by atoms with E-state index in [1.54, 1.807) is 25.2 Å². The lowest BCUT2D eigenvalue weighted by molar-refractivity contribution is -0.127. The van der Waals surface area contributed by atoms with Crippen LogP contribution >= 0.6 is 23.1 Å². The van der Waals surface area contributed by atoms with E-state index in [1.165, 1.54) is 34.1 Å². The number of benzene rings is 1. The number of hydrogen-bond acceptors (Lipinski definition) is 6. The van der Waals surface area contributed by atoms with Gasteiger partial charge in [-0.3, -0.25) is 4.79 Å². The molecule has 0 aliphatic rings. The van der Waals surface area contributed by atoms with Gasteiger partial charge in [0, 0.05) is 24.7 Å². The van der Waals surface area contributed by atoms with E-state index in [0.717, 1.165) is 9.47 Å². The Morgan fingerprint density at radius 2 is 2.04 bits per heavy atom. The first kappa shape index (κ1) is 18.7. The normalized spacial score (nSPS) is 11.4. The fourth-order valence-corrected chi connectivity index (χ4v) is 3.74. The fourth-order valence-electron chi connectivity index (χ4n) is 1.84. The van der Waals surface area contributed by atoms with Crippen molar-refractivity contribution in [1.82, 2.24) is 15.1 Å².